The smallest absolute Gasteiger partial charge is 0.130 e. The highest BCUT2D eigenvalue weighted by atomic mass is 19.1. The van der Waals surface area contributed by atoms with Crippen LogP contribution in [0.2, 0.25) is 0 Å². The van der Waals surface area contributed by atoms with Crippen LogP contribution < -0.4 is 5.32 Å². The fourth-order valence-electron chi connectivity index (χ4n) is 2.05. The van der Waals surface area contributed by atoms with Gasteiger partial charge in [-0.15, -0.1) is 0 Å². The summed E-state index contributed by atoms with van der Waals surface area (Å²) in [6.45, 7) is 2.63. The highest BCUT2D eigenvalue weighted by molar-refractivity contribution is 5.37. The first-order chi connectivity index (χ1) is 7.16. The predicted octanol–water partition coefficient (Wildman–Crippen LogP) is 2.13. The molecule has 0 aliphatic carbocycles. The van der Waals surface area contributed by atoms with Crippen LogP contribution in [0.3, 0.4) is 0 Å². The number of benzene rings is 1. The first kappa shape index (κ1) is 10.4. The molecular formula is C12H16FNO. The van der Waals surface area contributed by atoms with Crippen molar-refractivity contribution >= 4 is 0 Å². The van der Waals surface area contributed by atoms with E-state index in [1.54, 1.807) is 13.0 Å². The normalized spacial score (nSPS) is 20.8. The van der Waals surface area contributed by atoms with Crippen molar-refractivity contribution in [1.29, 1.82) is 0 Å². The molecule has 0 amide bonds. The third-order valence-electron chi connectivity index (χ3n) is 3.02. The molecule has 1 atom stereocenters. The van der Waals surface area contributed by atoms with Crippen molar-refractivity contribution in [3.63, 3.8) is 0 Å². The van der Waals surface area contributed by atoms with Crippen LogP contribution in [0.4, 0.5) is 4.39 Å². The van der Waals surface area contributed by atoms with E-state index < -0.39 is 0 Å². The van der Waals surface area contributed by atoms with Gasteiger partial charge < -0.3 is 10.4 Å². The van der Waals surface area contributed by atoms with Crippen molar-refractivity contribution < 1.29 is 9.50 Å². The van der Waals surface area contributed by atoms with Gasteiger partial charge in [0.15, 0.2) is 0 Å². The Hall–Kier alpha value is -1.09. The molecule has 1 heterocycles. The standard InChI is InChI=1S/C12H16FNO/c1-8-11(13)6-9(7-12(8)15)5-10-3-2-4-14-10/h6-7,10,14-15H,2-5H2,1H3. The number of phenols is 1. The largest absolute Gasteiger partial charge is 0.508 e. The van der Waals surface area contributed by atoms with E-state index in [0.717, 1.165) is 24.9 Å². The zero-order valence-corrected chi connectivity index (χ0v) is 8.89. The monoisotopic (exact) mass is 209 g/mol. The summed E-state index contributed by atoms with van der Waals surface area (Å²) in [4.78, 5) is 0. The van der Waals surface area contributed by atoms with Gasteiger partial charge in [0.2, 0.25) is 0 Å². The Balaban J connectivity index is 2.14. The molecule has 1 aromatic rings. The Kier molecular flexibility index (Phi) is 2.91. The molecule has 0 saturated carbocycles. The Labute approximate surface area is 89.1 Å². The topological polar surface area (TPSA) is 32.3 Å². The predicted molar refractivity (Wildman–Crippen MR) is 57.5 cm³/mol. The van der Waals surface area contributed by atoms with Gasteiger partial charge in [0.1, 0.15) is 11.6 Å². The summed E-state index contributed by atoms with van der Waals surface area (Å²) in [5.74, 6) is -0.258. The number of phenolic OH excluding ortho intramolecular Hbond substituents is 1. The molecule has 1 aliphatic heterocycles. The molecule has 1 fully saturated rings. The molecule has 0 aromatic heterocycles. The van der Waals surface area contributed by atoms with Crippen LogP contribution in [0.1, 0.15) is 24.0 Å². The van der Waals surface area contributed by atoms with Crippen molar-refractivity contribution in [1.82, 2.24) is 5.32 Å². The van der Waals surface area contributed by atoms with Gasteiger partial charge in [-0.1, -0.05) is 0 Å². The van der Waals surface area contributed by atoms with Crippen LogP contribution >= 0.6 is 0 Å². The second kappa shape index (κ2) is 4.19. The van der Waals surface area contributed by atoms with E-state index in [0.29, 0.717) is 11.6 Å². The van der Waals surface area contributed by atoms with Gasteiger partial charge in [-0.3, -0.25) is 0 Å². The summed E-state index contributed by atoms with van der Waals surface area (Å²) in [5.41, 5.74) is 1.20. The molecule has 1 aromatic carbocycles. The SMILES string of the molecule is Cc1c(O)cc(CC2CCCN2)cc1F. The summed E-state index contributed by atoms with van der Waals surface area (Å²) >= 11 is 0. The molecule has 15 heavy (non-hydrogen) atoms. The molecule has 0 radical (unpaired) electrons. The molecule has 1 aliphatic rings. The van der Waals surface area contributed by atoms with Crippen LogP contribution in [0, 0.1) is 12.7 Å². The Bertz CT molecular complexity index is 336. The van der Waals surface area contributed by atoms with Crippen molar-refractivity contribution in [2.24, 2.45) is 0 Å². The molecule has 1 saturated heterocycles. The molecule has 2 nitrogen and oxygen atoms in total. The van der Waals surface area contributed by atoms with E-state index in [1.807, 2.05) is 0 Å². The third-order valence-corrected chi connectivity index (χ3v) is 3.02. The van der Waals surface area contributed by atoms with Crippen LogP contribution in [0.25, 0.3) is 0 Å². The number of hydrogen-bond donors (Lipinski definition) is 2. The molecule has 2 rings (SSSR count). The Morgan fingerprint density at radius 2 is 2.33 bits per heavy atom. The lowest BCUT2D eigenvalue weighted by molar-refractivity contribution is 0.461. The van der Waals surface area contributed by atoms with Crippen LogP contribution in [0.15, 0.2) is 12.1 Å². The number of hydrogen-bond acceptors (Lipinski definition) is 2. The van der Waals surface area contributed by atoms with Crippen molar-refractivity contribution in [2.75, 3.05) is 6.54 Å². The fraction of sp³-hybridized carbons (Fsp3) is 0.500. The zero-order valence-electron chi connectivity index (χ0n) is 8.89. The summed E-state index contributed by atoms with van der Waals surface area (Å²) in [6, 6.07) is 3.62. The first-order valence-corrected chi connectivity index (χ1v) is 5.38. The highest BCUT2D eigenvalue weighted by Crippen LogP contribution is 2.23. The molecule has 3 heteroatoms. The van der Waals surface area contributed by atoms with E-state index >= 15 is 0 Å². The second-order valence-corrected chi connectivity index (χ2v) is 4.22. The van der Waals surface area contributed by atoms with Crippen LogP contribution in [0.5, 0.6) is 5.75 Å². The van der Waals surface area contributed by atoms with E-state index in [9.17, 15) is 9.50 Å². The average molecular weight is 209 g/mol. The van der Waals surface area contributed by atoms with Crippen LogP contribution in [-0.4, -0.2) is 17.7 Å². The summed E-state index contributed by atoms with van der Waals surface area (Å²) < 4.78 is 13.3. The van der Waals surface area contributed by atoms with Crippen molar-refractivity contribution in [3.05, 3.63) is 29.1 Å². The number of rotatable bonds is 2. The molecular weight excluding hydrogens is 193 g/mol. The third kappa shape index (κ3) is 2.29. The minimum absolute atomic E-state index is 0.0583. The van der Waals surface area contributed by atoms with E-state index in [4.69, 9.17) is 0 Å². The van der Waals surface area contributed by atoms with E-state index in [2.05, 4.69) is 5.32 Å². The van der Waals surface area contributed by atoms with Gasteiger partial charge in [0, 0.05) is 11.6 Å². The molecule has 82 valence electrons. The maximum atomic E-state index is 13.3. The lowest BCUT2D eigenvalue weighted by atomic mass is 10.0. The van der Waals surface area contributed by atoms with Gasteiger partial charge in [-0.2, -0.15) is 0 Å². The Morgan fingerprint density at radius 3 is 2.93 bits per heavy atom. The average Bonchev–Trinajstić information content (AvgIpc) is 2.66. The number of nitrogens with one attached hydrogen (secondary N) is 1. The lowest BCUT2D eigenvalue weighted by Crippen LogP contribution is -2.23. The summed E-state index contributed by atoms with van der Waals surface area (Å²) in [5, 5.41) is 12.8. The molecule has 0 spiro atoms. The summed E-state index contributed by atoms with van der Waals surface area (Å²) in [7, 11) is 0. The highest BCUT2D eigenvalue weighted by Gasteiger charge is 2.15. The quantitative estimate of drug-likeness (QED) is 0.782. The van der Waals surface area contributed by atoms with Gasteiger partial charge in [0.25, 0.3) is 0 Å². The van der Waals surface area contributed by atoms with Gasteiger partial charge in [0.05, 0.1) is 0 Å². The minimum Gasteiger partial charge on any atom is -0.508 e. The molecule has 0 bridgehead atoms. The van der Waals surface area contributed by atoms with Gasteiger partial charge in [-0.05, 0) is 50.4 Å². The summed E-state index contributed by atoms with van der Waals surface area (Å²) in [6.07, 6.45) is 3.12. The lowest BCUT2D eigenvalue weighted by Gasteiger charge is -2.11. The maximum absolute atomic E-state index is 13.3. The fourth-order valence-corrected chi connectivity index (χ4v) is 2.05. The van der Waals surface area contributed by atoms with E-state index in [-0.39, 0.29) is 11.6 Å². The number of aromatic hydroxyl groups is 1. The second-order valence-electron chi connectivity index (χ2n) is 4.22. The van der Waals surface area contributed by atoms with Gasteiger partial charge >= 0.3 is 0 Å². The van der Waals surface area contributed by atoms with E-state index in [1.165, 1.54) is 12.5 Å². The van der Waals surface area contributed by atoms with Crippen molar-refractivity contribution in [2.45, 2.75) is 32.2 Å². The molecule has 1 unspecified atom stereocenters. The first-order valence-electron chi connectivity index (χ1n) is 5.38. The van der Waals surface area contributed by atoms with Gasteiger partial charge in [-0.25, -0.2) is 4.39 Å². The zero-order chi connectivity index (χ0) is 10.8. The van der Waals surface area contributed by atoms with Crippen molar-refractivity contribution in [3.8, 4) is 5.75 Å². The minimum atomic E-state index is -0.317. The maximum Gasteiger partial charge on any atom is 0.130 e. The Morgan fingerprint density at radius 1 is 1.53 bits per heavy atom. The molecule has 2 N–H and O–H groups in total. The van der Waals surface area contributed by atoms with Crippen LogP contribution in [-0.2, 0) is 6.42 Å². The number of halogens is 1.